The number of sulfonamides is 1. The van der Waals surface area contributed by atoms with Crippen LogP contribution < -0.4 is 5.73 Å². The normalized spacial score (nSPS) is 23.9. The topological polar surface area (TPSA) is 90.5 Å². The van der Waals surface area contributed by atoms with Crippen LogP contribution in [0.1, 0.15) is 20.8 Å². The molecule has 0 bridgehead atoms. The van der Waals surface area contributed by atoms with Crippen LogP contribution in [0, 0.1) is 0 Å². The van der Waals surface area contributed by atoms with Gasteiger partial charge in [0, 0.05) is 32.4 Å². The predicted octanol–water partition coefficient (Wildman–Crippen LogP) is 0.0298. The van der Waals surface area contributed by atoms with E-state index >= 15 is 0 Å². The van der Waals surface area contributed by atoms with E-state index in [9.17, 15) is 8.42 Å². The second-order valence-corrected chi connectivity index (χ2v) is 7.46. The van der Waals surface area contributed by atoms with Crippen LogP contribution in [0.25, 0.3) is 0 Å². The average molecular weight is 302 g/mol. The molecule has 2 heterocycles. The Bertz CT molecular complexity index is 567. The molecule has 1 fully saturated rings. The van der Waals surface area contributed by atoms with Gasteiger partial charge in [0.2, 0.25) is 0 Å². The van der Waals surface area contributed by atoms with Crippen molar-refractivity contribution in [2.75, 3.05) is 19.6 Å². The lowest BCUT2D eigenvalue weighted by Gasteiger charge is -2.41. The fourth-order valence-electron chi connectivity index (χ4n) is 2.33. The van der Waals surface area contributed by atoms with Crippen LogP contribution in [0.15, 0.2) is 17.6 Å². The highest BCUT2D eigenvalue weighted by molar-refractivity contribution is 7.89. The monoisotopic (exact) mass is 302 g/mol. The Morgan fingerprint density at radius 2 is 2.25 bits per heavy atom. The van der Waals surface area contributed by atoms with E-state index in [0.29, 0.717) is 19.6 Å². The lowest BCUT2D eigenvalue weighted by molar-refractivity contribution is -0.112. The summed E-state index contributed by atoms with van der Waals surface area (Å²) < 4.78 is 34.1. The molecule has 0 amide bonds. The van der Waals surface area contributed by atoms with E-state index in [1.165, 1.54) is 10.6 Å². The second-order valence-electron chi connectivity index (χ2n) is 5.58. The van der Waals surface area contributed by atoms with Gasteiger partial charge in [-0.1, -0.05) is 0 Å². The maximum Gasteiger partial charge on any atom is 0.262 e. The van der Waals surface area contributed by atoms with Crippen molar-refractivity contribution in [1.82, 2.24) is 13.9 Å². The van der Waals surface area contributed by atoms with Crippen molar-refractivity contribution in [3.63, 3.8) is 0 Å². The number of nitrogens with zero attached hydrogens (tertiary/aromatic N) is 3. The Hall–Kier alpha value is -0.960. The fraction of sp³-hybridized carbons (Fsp3) is 0.750. The van der Waals surface area contributed by atoms with Crippen molar-refractivity contribution in [2.45, 2.75) is 44.0 Å². The number of hydrogen-bond acceptors (Lipinski definition) is 5. The molecule has 7 nitrogen and oxygen atoms in total. The predicted molar refractivity (Wildman–Crippen MR) is 74.7 cm³/mol. The Balaban J connectivity index is 2.28. The van der Waals surface area contributed by atoms with Crippen LogP contribution in [0.3, 0.4) is 0 Å². The van der Waals surface area contributed by atoms with E-state index in [1.807, 2.05) is 20.8 Å². The molecule has 2 N–H and O–H groups in total. The number of hydrogen-bond donors (Lipinski definition) is 1. The molecular formula is C12H22N4O3S. The summed E-state index contributed by atoms with van der Waals surface area (Å²) in [5.41, 5.74) is 5.08. The van der Waals surface area contributed by atoms with E-state index in [-0.39, 0.29) is 17.7 Å². The summed E-state index contributed by atoms with van der Waals surface area (Å²) >= 11 is 0. The highest BCUT2D eigenvalue weighted by atomic mass is 32.2. The maximum absolute atomic E-state index is 12.6. The Morgan fingerprint density at radius 1 is 1.55 bits per heavy atom. The number of aromatic nitrogens is 2. The molecule has 1 unspecified atom stereocenters. The molecular weight excluding hydrogens is 280 g/mol. The van der Waals surface area contributed by atoms with Crippen molar-refractivity contribution < 1.29 is 13.2 Å². The molecule has 0 radical (unpaired) electrons. The van der Waals surface area contributed by atoms with Gasteiger partial charge in [0.1, 0.15) is 0 Å². The summed E-state index contributed by atoms with van der Waals surface area (Å²) in [6, 6.07) is 0. The number of nitrogens with two attached hydrogens (primary N) is 1. The van der Waals surface area contributed by atoms with Crippen molar-refractivity contribution in [3.05, 3.63) is 12.5 Å². The first kappa shape index (κ1) is 15.4. The molecule has 1 aliphatic rings. The highest BCUT2D eigenvalue weighted by Crippen LogP contribution is 2.25. The van der Waals surface area contributed by atoms with E-state index in [4.69, 9.17) is 10.5 Å². The van der Waals surface area contributed by atoms with Gasteiger partial charge in [0.25, 0.3) is 10.0 Å². The third-order valence-corrected chi connectivity index (χ3v) is 4.99. The molecule has 1 atom stereocenters. The van der Waals surface area contributed by atoms with Gasteiger partial charge in [-0.3, -0.25) is 0 Å². The quantitative estimate of drug-likeness (QED) is 0.847. The fourth-order valence-corrected chi connectivity index (χ4v) is 3.88. The molecule has 0 aromatic carbocycles. The molecule has 20 heavy (non-hydrogen) atoms. The lowest BCUT2D eigenvalue weighted by Crippen LogP contribution is -2.56. The van der Waals surface area contributed by atoms with Gasteiger partial charge < -0.3 is 15.0 Å². The number of imidazole rings is 1. The third-order valence-electron chi connectivity index (χ3n) is 3.29. The van der Waals surface area contributed by atoms with Crippen LogP contribution in [-0.2, 0) is 21.3 Å². The Kier molecular flexibility index (Phi) is 4.19. The molecule has 1 aromatic rings. The largest absolute Gasteiger partial charge is 0.368 e. The molecule has 8 heteroatoms. The van der Waals surface area contributed by atoms with Crippen LogP contribution in [0.4, 0.5) is 0 Å². The first-order chi connectivity index (χ1) is 9.28. The Labute approximate surface area is 119 Å². The third kappa shape index (κ3) is 3.03. The summed E-state index contributed by atoms with van der Waals surface area (Å²) in [7, 11) is -3.60. The minimum Gasteiger partial charge on any atom is -0.368 e. The first-order valence-corrected chi connectivity index (χ1v) is 8.12. The first-order valence-electron chi connectivity index (χ1n) is 6.68. The average Bonchev–Trinajstić information content (AvgIpc) is 2.86. The molecule has 1 saturated heterocycles. The van der Waals surface area contributed by atoms with Gasteiger partial charge in [0.15, 0.2) is 5.03 Å². The number of morpholine rings is 1. The Morgan fingerprint density at radius 3 is 2.80 bits per heavy atom. The summed E-state index contributed by atoms with van der Waals surface area (Å²) in [6.45, 7) is 7.19. The molecule has 2 rings (SSSR count). The molecule has 0 spiro atoms. The molecule has 114 valence electrons. The lowest BCUT2D eigenvalue weighted by atomic mass is 10.1. The van der Waals surface area contributed by atoms with Gasteiger partial charge in [-0.05, 0) is 20.8 Å². The number of ether oxygens (including phenoxy) is 1. The zero-order valence-corrected chi connectivity index (χ0v) is 12.9. The van der Waals surface area contributed by atoms with Crippen LogP contribution >= 0.6 is 0 Å². The number of aryl methyl sites for hydroxylation is 1. The minimum atomic E-state index is -3.60. The zero-order chi connectivity index (χ0) is 15.0. The molecule has 1 aromatic heterocycles. The highest BCUT2D eigenvalue weighted by Gasteiger charge is 2.39. The minimum absolute atomic E-state index is 0.0767. The number of rotatable bonds is 4. The van der Waals surface area contributed by atoms with Gasteiger partial charge in [-0.25, -0.2) is 13.4 Å². The van der Waals surface area contributed by atoms with Gasteiger partial charge in [-0.15, -0.1) is 0 Å². The smallest absolute Gasteiger partial charge is 0.262 e. The standard InChI is InChI=1S/C12H22N4O3S/c1-4-15-7-11(14-9-15)20(17,18)16-6-10(5-13)19-12(2,3)8-16/h7,9-10H,4-6,8,13H2,1-3H3. The van der Waals surface area contributed by atoms with Crippen molar-refractivity contribution in [2.24, 2.45) is 5.73 Å². The maximum atomic E-state index is 12.6. The van der Waals surface area contributed by atoms with Crippen LogP contribution in [0.5, 0.6) is 0 Å². The molecule has 0 aliphatic carbocycles. The van der Waals surface area contributed by atoms with Gasteiger partial charge in [0.05, 0.1) is 18.0 Å². The summed E-state index contributed by atoms with van der Waals surface area (Å²) in [5.74, 6) is 0. The van der Waals surface area contributed by atoms with Crippen molar-refractivity contribution >= 4 is 10.0 Å². The van der Waals surface area contributed by atoms with Crippen molar-refractivity contribution in [1.29, 1.82) is 0 Å². The molecule has 1 aliphatic heterocycles. The summed E-state index contributed by atoms with van der Waals surface area (Å²) in [4.78, 5) is 3.99. The van der Waals surface area contributed by atoms with E-state index in [1.54, 1.807) is 10.8 Å². The van der Waals surface area contributed by atoms with E-state index in [2.05, 4.69) is 4.98 Å². The summed E-state index contributed by atoms with van der Waals surface area (Å²) in [5, 5.41) is 0.0767. The van der Waals surface area contributed by atoms with Crippen molar-refractivity contribution in [3.8, 4) is 0 Å². The van der Waals surface area contributed by atoms with Gasteiger partial charge in [-0.2, -0.15) is 4.31 Å². The molecule has 0 saturated carbocycles. The van der Waals surface area contributed by atoms with Gasteiger partial charge >= 0.3 is 0 Å². The van der Waals surface area contributed by atoms with E-state index in [0.717, 1.165) is 0 Å². The van der Waals surface area contributed by atoms with Crippen LogP contribution in [0.2, 0.25) is 0 Å². The second kappa shape index (κ2) is 5.44. The SMILES string of the molecule is CCn1cnc(S(=O)(=O)N2CC(CN)OC(C)(C)C2)c1. The van der Waals surface area contributed by atoms with Crippen LogP contribution in [-0.4, -0.2) is 53.6 Å². The summed E-state index contributed by atoms with van der Waals surface area (Å²) in [6.07, 6.45) is 2.79. The zero-order valence-electron chi connectivity index (χ0n) is 12.1. The van der Waals surface area contributed by atoms with E-state index < -0.39 is 15.6 Å².